The van der Waals surface area contributed by atoms with Gasteiger partial charge in [0.05, 0.1) is 16.1 Å². The lowest BCUT2D eigenvalue weighted by molar-refractivity contribution is 0.364. The van der Waals surface area contributed by atoms with E-state index in [1.807, 2.05) is 23.9 Å². The quantitative estimate of drug-likeness (QED) is 0.769. The first kappa shape index (κ1) is 13.5. The molecule has 0 aliphatic heterocycles. The molecule has 1 heterocycles. The summed E-state index contributed by atoms with van der Waals surface area (Å²) in [4.78, 5) is 3.26. The molecule has 1 aliphatic rings. The number of aromatic nitrogens is 2. The Labute approximate surface area is 127 Å². The number of thioether (sulfide) groups is 1. The van der Waals surface area contributed by atoms with Crippen LogP contribution in [0.2, 0.25) is 5.02 Å². The van der Waals surface area contributed by atoms with Crippen LogP contribution in [0.5, 0.6) is 0 Å². The van der Waals surface area contributed by atoms with Crippen LogP contribution in [0.4, 0.5) is 0 Å². The second kappa shape index (κ2) is 5.51. The third-order valence-corrected chi connectivity index (χ3v) is 5.80. The Morgan fingerprint density at radius 1 is 1.32 bits per heavy atom. The minimum atomic E-state index is 0.517. The van der Waals surface area contributed by atoms with E-state index in [0.717, 1.165) is 26.1 Å². The van der Waals surface area contributed by atoms with E-state index >= 15 is 0 Å². The largest absolute Gasteiger partial charge is 0.329 e. The van der Waals surface area contributed by atoms with E-state index in [2.05, 4.69) is 21.9 Å². The van der Waals surface area contributed by atoms with Gasteiger partial charge in [0.1, 0.15) is 0 Å². The van der Waals surface area contributed by atoms with E-state index in [9.17, 15) is 0 Å². The molecule has 0 spiro atoms. The third-order valence-electron chi connectivity index (χ3n) is 4.04. The fourth-order valence-corrected chi connectivity index (χ4v) is 4.33. The van der Waals surface area contributed by atoms with Gasteiger partial charge in [-0.3, -0.25) is 0 Å². The van der Waals surface area contributed by atoms with Gasteiger partial charge in [-0.25, -0.2) is 0 Å². The van der Waals surface area contributed by atoms with E-state index < -0.39 is 0 Å². The lowest BCUT2D eigenvalue weighted by Gasteiger charge is -2.28. The second-order valence-corrected chi connectivity index (χ2v) is 7.03. The zero-order valence-electron chi connectivity index (χ0n) is 10.9. The van der Waals surface area contributed by atoms with Crippen molar-refractivity contribution in [2.45, 2.75) is 37.0 Å². The number of hydrogen-bond donors (Lipinski definition) is 1. The third kappa shape index (κ3) is 2.46. The van der Waals surface area contributed by atoms with Crippen LogP contribution in [0.1, 0.15) is 31.7 Å². The van der Waals surface area contributed by atoms with Crippen molar-refractivity contribution in [3.8, 4) is 0 Å². The molecule has 0 saturated heterocycles. The van der Waals surface area contributed by atoms with E-state index in [1.54, 1.807) is 0 Å². The highest BCUT2D eigenvalue weighted by Gasteiger charge is 2.23. The molecule has 3 rings (SSSR count). The maximum absolute atomic E-state index is 6.23. The monoisotopic (exact) mass is 312 g/mol. The predicted octanol–water partition coefficient (Wildman–Crippen LogP) is 5.20. The van der Waals surface area contributed by atoms with Crippen molar-refractivity contribution >= 4 is 46.6 Å². The van der Waals surface area contributed by atoms with Gasteiger partial charge in [0, 0.05) is 11.3 Å². The molecule has 0 unspecified atom stereocenters. The van der Waals surface area contributed by atoms with Gasteiger partial charge in [-0.15, -0.1) is 0 Å². The van der Waals surface area contributed by atoms with Crippen LogP contribution < -0.4 is 0 Å². The number of para-hydroxylation sites is 1. The predicted molar refractivity (Wildman–Crippen MR) is 86.9 cm³/mol. The summed E-state index contributed by atoms with van der Waals surface area (Å²) in [5, 5.41) is 1.57. The Morgan fingerprint density at radius 2 is 2.05 bits per heavy atom. The lowest BCUT2D eigenvalue weighted by Crippen LogP contribution is -2.19. The lowest BCUT2D eigenvalue weighted by atomic mass is 9.94. The fraction of sp³-hybridized carbons (Fsp3) is 0.500. The van der Waals surface area contributed by atoms with Crippen LogP contribution in [-0.4, -0.2) is 21.1 Å². The Kier molecular flexibility index (Phi) is 3.92. The summed E-state index contributed by atoms with van der Waals surface area (Å²) in [6, 6.07) is 6.53. The number of nitrogens with one attached hydrogen (secondary N) is 1. The van der Waals surface area contributed by atoms with Crippen molar-refractivity contribution < 1.29 is 0 Å². The number of aromatic amines is 1. The zero-order chi connectivity index (χ0) is 13.4. The molecule has 1 aliphatic carbocycles. The molecule has 2 aromatic rings. The standard InChI is InChI=1S/C14H17ClN2S2/c1-19-10-7-5-9(6-8-10)17-12-4-2-3-11(15)13(12)16-14(17)18/h2-4,9-10H,5-8H2,1H3,(H,16,18). The molecular weight excluding hydrogens is 296 g/mol. The van der Waals surface area contributed by atoms with Crippen LogP contribution in [-0.2, 0) is 0 Å². The first-order valence-corrected chi connectivity index (χ1v) is 8.69. The van der Waals surface area contributed by atoms with Crippen molar-refractivity contribution in [1.82, 2.24) is 9.55 Å². The van der Waals surface area contributed by atoms with Crippen molar-refractivity contribution in [2.24, 2.45) is 0 Å². The highest BCUT2D eigenvalue weighted by atomic mass is 35.5. The first-order chi connectivity index (χ1) is 9.20. The number of halogens is 1. The molecule has 1 aromatic carbocycles. The average molecular weight is 313 g/mol. The van der Waals surface area contributed by atoms with Gasteiger partial charge in [-0.1, -0.05) is 17.7 Å². The topological polar surface area (TPSA) is 20.7 Å². The normalized spacial score (nSPS) is 23.9. The van der Waals surface area contributed by atoms with Crippen molar-refractivity contribution in [3.05, 3.63) is 28.0 Å². The smallest absolute Gasteiger partial charge is 0.178 e. The molecule has 1 saturated carbocycles. The summed E-state index contributed by atoms with van der Waals surface area (Å²) in [7, 11) is 0. The summed E-state index contributed by atoms with van der Waals surface area (Å²) in [6.45, 7) is 0. The minimum absolute atomic E-state index is 0.517. The van der Waals surface area contributed by atoms with E-state index in [1.165, 1.54) is 25.7 Å². The summed E-state index contributed by atoms with van der Waals surface area (Å²) in [5.74, 6) is 0. The van der Waals surface area contributed by atoms with Crippen molar-refractivity contribution in [2.75, 3.05) is 6.26 Å². The number of benzene rings is 1. The molecule has 0 atom stereocenters. The number of hydrogen-bond acceptors (Lipinski definition) is 2. The van der Waals surface area contributed by atoms with E-state index in [0.29, 0.717) is 6.04 Å². The summed E-state index contributed by atoms with van der Waals surface area (Å²) >= 11 is 13.7. The Bertz CT molecular complexity index is 638. The van der Waals surface area contributed by atoms with Gasteiger partial charge in [0.2, 0.25) is 0 Å². The SMILES string of the molecule is CSC1CCC(n2c(=S)[nH]c3c(Cl)cccc32)CC1. The highest BCUT2D eigenvalue weighted by Crippen LogP contribution is 2.36. The molecule has 0 radical (unpaired) electrons. The first-order valence-electron chi connectivity index (χ1n) is 6.62. The van der Waals surface area contributed by atoms with Crippen LogP contribution >= 0.6 is 35.6 Å². The van der Waals surface area contributed by atoms with Gasteiger partial charge >= 0.3 is 0 Å². The van der Waals surface area contributed by atoms with E-state index in [-0.39, 0.29) is 0 Å². The summed E-state index contributed by atoms with van der Waals surface area (Å²) < 4.78 is 3.07. The molecule has 102 valence electrons. The molecule has 1 aromatic heterocycles. The molecule has 1 fully saturated rings. The minimum Gasteiger partial charge on any atom is -0.329 e. The summed E-state index contributed by atoms with van der Waals surface area (Å²) in [5.41, 5.74) is 2.12. The molecule has 0 amide bonds. The Balaban J connectivity index is 1.99. The van der Waals surface area contributed by atoms with E-state index in [4.69, 9.17) is 23.8 Å². The molecule has 19 heavy (non-hydrogen) atoms. The maximum atomic E-state index is 6.23. The highest BCUT2D eigenvalue weighted by molar-refractivity contribution is 7.99. The molecule has 5 heteroatoms. The van der Waals surface area contributed by atoms with Crippen LogP contribution in [0.25, 0.3) is 11.0 Å². The number of rotatable bonds is 2. The number of H-pyrrole nitrogens is 1. The van der Waals surface area contributed by atoms with Gasteiger partial charge in [0.15, 0.2) is 4.77 Å². The van der Waals surface area contributed by atoms with Crippen LogP contribution in [0, 0.1) is 4.77 Å². The molecule has 0 bridgehead atoms. The van der Waals surface area contributed by atoms with Crippen LogP contribution in [0.15, 0.2) is 18.2 Å². The zero-order valence-corrected chi connectivity index (χ0v) is 13.2. The maximum Gasteiger partial charge on any atom is 0.178 e. The summed E-state index contributed by atoms with van der Waals surface area (Å²) in [6.07, 6.45) is 7.18. The molecule has 2 nitrogen and oxygen atoms in total. The van der Waals surface area contributed by atoms with Crippen LogP contribution in [0.3, 0.4) is 0 Å². The van der Waals surface area contributed by atoms with Gasteiger partial charge < -0.3 is 9.55 Å². The average Bonchev–Trinajstić information content (AvgIpc) is 2.77. The number of fused-ring (bicyclic) bond motifs is 1. The second-order valence-electron chi connectivity index (χ2n) is 5.10. The number of imidazole rings is 1. The molecule has 1 N–H and O–H groups in total. The van der Waals surface area contributed by atoms with Gasteiger partial charge in [-0.05, 0) is 56.3 Å². The fourth-order valence-electron chi connectivity index (χ4n) is 3.02. The van der Waals surface area contributed by atoms with Gasteiger partial charge in [0.25, 0.3) is 0 Å². The Morgan fingerprint density at radius 3 is 2.74 bits per heavy atom. The Hall–Kier alpha value is -0.450. The van der Waals surface area contributed by atoms with Crippen molar-refractivity contribution in [1.29, 1.82) is 0 Å². The number of nitrogens with zero attached hydrogens (tertiary/aromatic N) is 1. The van der Waals surface area contributed by atoms with Gasteiger partial charge in [-0.2, -0.15) is 11.8 Å². The molecular formula is C14H17ClN2S2. The van der Waals surface area contributed by atoms with Crippen molar-refractivity contribution in [3.63, 3.8) is 0 Å².